The molecule has 496 valence electrons. The van der Waals surface area contributed by atoms with E-state index in [2.05, 4.69) is 10.6 Å². The Kier molecular flexibility index (Phi) is 16.8. The normalized spacial score (nSPS) is 16.3. The Hall–Kier alpha value is -9.72. The van der Waals surface area contributed by atoms with Gasteiger partial charge in [-0.2, -0.15) is 26.3 Å². The van der Waals surface area contributed by atoms with Gasteiger partial charge in [-0.3, -0.25) is 38.6 Å². The molecule has 14 nitrogen and oxygen atoms in total. The number of imide groups is 2. The number of nitrogens with zero attached hydrogens (tertiary/aromatic N) is 2. The van der Waals surface area contributed by atoms with Crippen molar-refractivity contribution in [3.8, 4) is 46.0 Å². The van der Waals surface area contributed by atoms with E-state index in [1.165, 1.54) is 24.3 Å². The van der Waals surface area contributed by atoms with E-state index in [0.29, 0.717) is 61.2 Å². The fourth-order valence-corrected chi connectivity index (χ4v) is 15.0. The van der Waals surface area contributed by atoms with Crippen LogP contribution in [0.4, 0.5) is 26.3 Å². The molecule has 2 aliphatic heterocycles. The molecular formula is C76H70F6N4O10. The second-order valence-corrected chi connectivity index (χ2v) is 26.7. The van der Waals surface area contributed by atoms with Crippen molar-refractivity contribution in [1.82, 2.24) is 20.4 Å². The molecular weight excluding hydrogens is 1240 g/mol. The average molecular weight is 1310 g/mol. The number of rotatable bonds is 16. The van der Waals surface area contributed by atoms with Crippen LogP contribution >= 0.6 is 0 Å². The van der Waals surface area contributed by atoms with Crippen molar-refractivity contribution in [3.05, 3.63) is 164 Å². The van der Waals surface area contributed by atoms with Gasteiger partial charge < -0.3 is 29.6 Å². The van der Waals surface area contributed by atoms with Gasteiger partial charge in [0, 0.05) is 55.2 Å². The van der Waals surface area contributed by atoms with Crippen LogP contribution in [0, 0.1) is 55.4 Å². The van der Waals surface area contributed by atoms with Gasteiger partial charge in [0.25, 0.3) is 23.6 Å². The second kappa shape index (κ2) is 24.8. The van der Waals surface area contributed by atoms with E-state index in [1.807, 2.05) is 79.7 Å². The molecule has 2 N–H and O–H groups in total. The number of halogens is 6. The van der Waals surface area contributed by atoms with Crippen molar-refractivity contribution in [2.75, 3.05) is 0 Å². The largest absolute Gasteiger partial charge is 0.457 e. The molecule has 13 rings (SSSR count). The summed E-state index contributed by atoms with van der Waals surface area (Å²) >= 11 is 0. The summed E-state index contributed by atoms with van der Waals surface area (Å²) in [7, 11) is 0. The molecule has 6 amide bonds. The topological polar surface area (TPSA) is 170 Å². The maximum absolute atomic E-state index is 16.0. The number of carbonyl (C=O) groups excluding carboxylic acids is 6. The third-order valence-electron chi connectivity index (χ3n) is 18.6. The predicted molar refractivity (Wildman–Crippen MR) is 352 cm³/mol. The van der Waals surface area contributed by atoms with E-state index in [-0.39, 0.29) is 111 Å². The van der Waals surface area contributed by atoms with Crippen LogP contribution in [-0.4, -0.2) is 81.8 Å². The highest BCUT2D eigenvalue weighted by Gasteiger charge is 2.50. The lowest BCUT2D eigenvalue weighted by Gasteiger charge is -2.36. The van der Waals surface area contributed by atoms with E-state index in [9.17, 15) is 9.59 Å². The number of ether oxygens (including phenoxy) is 4. The van der Waals surface area contributed by atoms with Gasteiger partial charge in [-0.15, -0.1) is 0 Å². The monoisotopic (exact) mass is 1310 g/mol. The van der Waals surface area contributed by atoms with Crippen LogP contribution in [0.5, 0.6) is 46.0 Å². The first-order chi connectivity index (χ1) is 45.5. The molecule has 0 bridgehead atoms. The van der Waals surface area contributed by atoms with Crippen molar-refractivity contribution in [3.63, 3.8) is 0 Å². The minimum Gasteiger partial charge on any atom is -0.457 e. The van der Waals surface area contributed by atoms with Crippen molar-refractivity contribution in [2.45, 2.75) is 169 Å². The van der Waals surface area contributed by atoms with Crippen molar-refractivity contribution < 1.29 is 74.1 Å². The summed E-state index contributed by atoms with van der Waals surface area (Å²) in [4.78, 5) is 94.0. The minimum absolute atomic E-state index is 0.0231. The maximum atomic E-state index is 16.0. The molecule has 0 aromatic heterocycles. The van der Waals surface area contributed by atoms with Gasteiger partial charge in [0.05, 0.1) is 35.1 Å². The van der Waals surface area contributed by atoms with E-state index in [1.54, 1.807) is 48.5 Å². The molecule has 2 fully saturated rings. The Morgan fingerprint density at radius 1 is 0.365 bits per heavy atom. The summed E-state index contributed by atoms with van der Waals surface area (Å²) in [5.74, 6) is -7.32. The molecule has 0 radical (unpaired) electrons. The smallest absolute Gasteiger partial charge is 0.391 e. The number of hydrogen-bond donors (Lipinski definition) is 2. The highest BCUT2D eigenvalue weighted by Crippen LogP contribution is 2.58. The van der Waals surface area contributed by atoms with E-state index < -0.39 is 84.8 Å². The van der Waals surface area contributed by atoms with E-state index in [4.69, 9.17) is 18.9 Å². The first kappa shape index (κ1) is 65.0. The molecule has 2 aliphatic carbocycles. The highest BCUT2D eigenvalue weighted by atomic mass is 19.4. The quantitative estimate of drug-likeness (QED) is 0.0411. The first-order valence-corrected chi connectivity index (χ1v) is 32.5. The van der Waals surface area contributed by atoms with Crippen LogP contribution in [0.3, 0.4) is 0 Å². The van der Waals surface area contributed by atoms with Gasteiger partial charge in [0.1, 0.15) is 58.1 Å². The first-order valence-electron chi connectivity index (χ1n) is 32.5. The predicted octanol–water partition coefficient (Wildman–Crippen LogP) is 18.1. The van der Waals surface area contributed by atoms with E-state index in [0.717, 1.165) is 57.3 Å². The Bertz CT molecular complexity index is 4140. The van der Waals surface area contributed by atoms with Crippen molar-refractivity contribution >= 4 is 78.5 Å². The van der Waals surface area contributed by atoms with Crippen LogP contribution in [-0.2, 0) is 9.59 Å². The highest BCUT2D eigenvalue weighted by molar-refractivity contribution is 6.45. The van der Waals surface area contributed by atoms with Gasteiger partial charge in [-0.25, -0.2) is 0 Å². The molecule has 2 saturated carbocycles. The molecule has 0 saturated heterocycles. The minimum atomic E-state index is -5.09. The molecule has 2 atom stereocenters. The summed E-state index contributed by atoms with van der Waals surface area (Å²) in [6.07, 6.45) is -7.60. The Labute approximate surface area is 549 Å². The van der Waals surface area contributed by atoms with Gasteiger partial charge in [0.15, 0.2) is 0 Å². The molecule has 9 aromatic carbocycles. The summed E-state index contributed by atoms with van der Waals surface area (Å²) in [5.41, 5.74) is 4.42. The SMILES string of the molecule is Cc1cc(C)cc(Oc2cc3c4c(cc(Oc5cc(C)cc(C)c5)c5c6c(Oc7cc(C)cc(C)c7)cc7c8c(cc(Oc9cc(C)cc(C)c9)c(c2c45)c86)C(=O)N(C(CC(F)(F)F)C(=O)NC2CCCCC2)C7=O)C(=O)N(C(CC(F)(F)F)C(=O)NC2CCCCC2)C3=O)c1. The lowest BCUT2D eigenvalue weighted by atomic mass is 9.80. The van der Waals surface area contributed by atoms with Crippen LogP contribution in [0.15, 0.2) is 97.1 Å². The Morgan fingerprint density at radius 3 is 0.812 bits per heavy atom. The van der Waals surface area contributed by atoms with Crippen LogP contribution < -0.4 is 29.6 Å². The number of alkyl halides is 6. The van der Waals surface area contributed by atoms with Crippen molar-refractivity contribution in [1.29, 1.82) is 0 Å². The van der Waals surface area contributed by atoms with Gasteiger partial charge in [0.2, 0.25) is 11.8 Å². The van der Waals surface area contributed by atoms with Crippen LogP contribution in [0.2, 0.25) is 0 Å². The zero-order valence-corrected chi connectivity index (χ0v) is 54.3. The lowest BCUT2D eigenvalue weighted by Crippen LogP contribution is -2.56. The van der Waals surface area contributed by atoms with Crippen LogP contribution in [0.1, 0.15) is 163 Å². The molecule has 96 heavy (non-hydrogen) atoms. The number of fused-ring (bicyclic) bond motifs is 2. The van der Waals surface area contributed by atoms with Crippen molar-refractivity contribution in [2.24, 2.45) is 0 Å². The number of carbonyl (C=O) groups is 6. The summed E-state index contributed by atoms with van der Waals surface area (Å²) in [6, 6.07) is 20.4. The number of amides is 6. The van der Waals surface area contributed by atoms with Gasteiger partial charge in [-0.05, 0) is 198 Å². The Morgan fingerprint density at radius 2 is 0.594 bits per heavy atom. The number of hydrogen-bond acceptors (Lipinski definition) is 10. The lowest BCUT2D eigenvalue weighted by molar-refractivity contribution is -0.154. The third kappa shape index (κ3) is 12.5. The van der Waals surface area contributed by atoms with E-state index >= 15 is 45.5 Å². The summed E-state index contributed by atoms with van der Waals surface area (Å²) in [5, 5.41) is 5.49. The van der Waals surface area contributed by atoms with Gasteiger partial charge >= 0.3 is 12.4 Å². The molecule has 2 heterocycles. The molecule has 0 spiro atoms. The zero-order chi connectivity index (χ0) is 68.1. The molecule has 20 heteroatoms. The summed E-state index contributed by atoms with van der Waals surface area (Å²) in [6.45, 7) is 14.6. The average Bonchev–Trinajstić information content (AvgIpc) is 0.672. The fourth-order valence-electron chi connectivity index (χ4n) is 15.0. The molecule has 4 aliphatic rings. The fraction of sp³-hybridized carbons (Fsp3) is 0.342. The molecule has 9 aromatic rings. The third-order valence-corrected chi connectivity index (χ3v) is 18.6. The second-order valence-electron chi connectivity index (χ2n) is 26.7. The zero-order valence-electron chi connectivity index (χ0n) is 54.3. The number of nitrogens with one attached hydrogen (secondary N) is 2. The summed E-state index contributed by atoms with van der Waals surface area (Å²) < 4.78 is 119. The number of benzene rings is 9. The number of aryl methyl sites for hydroxylation is 8. The standard InChI is InChI=1S/C76H70F6N4O10/c1-37-19-38(2)24-47(23-37)93-57-31-51-61-52(72(90)85(71(51)89)55(35-75(77,78)79)69(87)83-45-15-11-9-12-16-45)33-59(95-49-27-41(5)21-42(6)28-49)65-66-60(96-50-29-43(7)22-44(8)30-50)34-54-62-53(32-58(64(68(62)66)63(57)67(61)65)94-48-25-39(3)20-40(4)26-48)73(91)86(74(54)92)56(36-76(80,81)82)70(88)84-46-17-13-10-14-18-46/h19-34,45-46,55-56H,9-18,35-36H2,1-8H3,(H,83,87)(H,84,88). The van der Waals surface area contributed by atoms with Crippen LogP contribution in [0.25, 0.3) is 43.1 Å². The molecule has 2 unspecified atom stereocenters. The maximum Gasteiger partial charge on any atom is 0.391 e. The Balaban J connectivity index is 1.21. The van der Waals surface area contributed by atoms with Gasteiger partial charge in [-0.1, -0.05) is 62.8 Å².